The molecule has 0 unspecified atom stereocenters. The van der Waals surface area contributed by atoms with E-state index in [1.54, 1.807) is 41.4 Å². The van der Waals surface area contributed by atoms with Gasteiger partial charge in [0.05, 0.1) is 16.9 Å². The van der Waals surface area contributed by atoms with Crippen molar-refractivity contribution < 1.29 is 14.6 Å². The van der Waals surface area contributed by atoms with E-state index in [9.17, 15) is 14.7 Å². The van der Waals surface area contributed by atoms with Gasteiger partial charge < -0.3 is 24.7 Å². The third kappa shape index (κ3) is 6.25. The van der Waals surface area contributed by atoms with Gasteiger partial charge in [-0.3, -0.25) is 9.36 Å². The lowest BCUT2D eigenvalue weighted by Crippen LogP contribution is -2.32. The van der Waals surface area contributed by atoms with E-state index in [2.05, 4.69) is 30.9 Å². The van der Waals surface area contributed by atoms with E-state index in [1.165, 1.54) is 4.57 Å². The number of rotatable bonds is 9. The minimum absolute atomic E-state index is 0.0322. The quantitative estimate of drug-likeness (QED) is 0.174. The molecule has 3 N–H and O–H groups in total. The summed E-state index contributed by atoms with van der Waals surface area (Å²) in [7, 11) is 0. The van der Waals surface area contributed by atoms with Crippen LogP contribution in [0.15, 0.2) is 88.3 Å². The van der Waals surface area contributed by atoms with Gasteiger partial charge in [0.2, 0.25) is 5.88 Å². The van der Waals surface area contributed by atoms with Crippen molar-refractivity contribution in [2.45, 2.75) is 25.3 Å². The van der Waals surface area contributed by atoms with Crippen LogP contribution in [0.4, 0.5) is 0 Å². The van der Waals surface area contributed by atoms with E-state index < -0.39 is 11.7 Å². The highest BCUT2D eigenvalue weighted by molar-refractivity contribution is 9.10. The van der Waals surface area contributed by atoms with Crippen molar-refractivity contribution in [2.24, 2.45) is 0 Å². The van der Waals surface area contributed by atoms with Crippen LogP contribution in [0.1, 0.15) is 30.3 Å². The summed E-state index contributed by atoms with van der Waals surface area (Å²) in [5.41, 5.74) is 2.79. The number of imidazole rings is 2. The van der Waals surface area contributed by atoms with Crippen LogP contribution in [0, 0.1) is 0 Å². The maximum Gasteiger partial charge on any atom is 0.329 e. The molecule has 0 aliphatic carbocycles. The first-order valence-electron chi connectivity index (χ1n) is 14.0. The molecule has 0 bridgehead atoms. The Hall–Kier alpha value is -4.28. The summed E-state index contributed by atoms with van der Waals surface area (Å²) in [5.74, 6) is 0.762. The first-order valence-corrected chi connectivity index (χ1v) is 15.1. The number of aromatic nitrogens is 4. The van der Waals surface area contributed by atoms with Crippen molar-refractivity contribution in [3.8, 4) is 34.1 Å². The third-order valence-corrected chi connectivity index (χ3v) is 8.39. The van der Waals surface area contributed by atoms with E-state index >= 15 is 0 Å². The molecule has 9 nitrogen and oxygen atoms in total. The number of hydrogen-bond acceptors (Lipinski definition) is 5. The topological polar surface area (TPSA) is 116 Å². The number of H-pyrrole nitrogens is 2. The van der Waals surface area contributed by atoms with Gasteiger partial charge in [-0.2, -0.15) is 0 Å². The lowest BCUT2D eigenvalue weighted by Gasteiger charge is -2.17. The van der Waals surface area contributed by atoms with Crippen LogP contribution in [0.5, 0.6) is 11.6 Å². The molecular weight excluding hydrogens is 634 g/mol. The Morgan fingerprint density at radius 3 is 2.51 bits per heavy atom. The number of aromatic amines is 2. The fraction of sp³-hybridized carbons (Fsp3) is 0.219. The normalized spacial score (nSPS) is 13.8. The number of nitrogens with one attached hydrogen (secondary N) is 2. The van der Waals surface area contributed by atoms with E-state index in [0.717, 1.165) is 41.5 Å². The fourth-order valence-corrected chi connectivity index (χ4v) is 6.12. The summed E-state index contributed by atoms with van der Waals surface area (Å²) in [4.78, 5) is 38.3. The average molecular weight is 663 g/mol. The summed E-state index contributed by atoms with van der Waals surface area (Å²) in [6.45, 7) is 1.51. The Morgan fingerprint density at radius 1 is 1.05 bits per heavy atom. The maximum atomic E-state index is 13.4. The molecule has 0 spiro atoms. The van der Waals surface area contributed by atoms with E-state index in [0.29, 0.717) is 34.3 Å². The third-order valence-electron chi connectivity index (χ3n) is 7.58. The lowest BCUT2D eigenvalue weighted by molar-refractivity contribution is -0.132. The van der Waals surface area contributed by atoms with E-state index in [-0.39, 0.29) is 24.1 Å². The number of halogens is 2. The summed E-state index contributed by atoms with van der Waals surface area (Å²) in [6.07, 6.45) is 4.11. The summed E-state index contributed by atoms with van der Waals surface area (Å²) in [5, 5.41) is 12.0. The van der Waals surface area contributed by atoms with Crippen molar-refractivity contribution in [3.05, 3.63) is 110 Å². The Kier molecular flexibility index (Phi) is 8.40. The first-order chi connectivity index (χ1) is 20.9. The number of carbonyl (C=O) groups is 1. The molecule has 0 saturated carbocycles. The molecule has 3 aromatic carbocycles. The molecular formula is C32H29BrClN5O4. The molecule has 1 aliphatic rings. The number of ether oxygens (including phenoxy) is 1. The van der Waals surface area contributed by atoms with Gasteiger partial charge in [0.1, 0.15) is 23.3 Å². The number of amides is 1. The number of nitrogens with zero attached hydrogens (tertiary/aromatic N) is 3. The number of carbonyl (C=O) groups excluding carboxylic acids is 1. The second-order valence-corrected chi connectivity index (χ2v) is 11.7. The van der Waals surface area contributed by atoms with Crippen LogP contribution in [-0.4, -0.2) is 55.1 Å². The summed E-state index contributed by atoms with van der Waals surface area (Å²) in [6, 6.07) is 21.5. The predicted octanol–water partition coefficient (Wildman–Crippen LogP) is 6.19. The van der Waals surface area contributed by atoms with Crippen molar-refractivity contribution in [2.75, 3.05) is 19.7 Å². The second kappa shape index (κ2) is 12.5. The molecule has 1 atom stereocenters. The highest BCUT2D eigenvalue weighted by atomic mass is 79.9. The molecule has 1 aliphatic heterocycles. The van der Waals surface area contributed by atoms with Crippen molar-refractivity contribution in [1.82, 2.24) is 24.4 Å². The minimum atomic E-state index is -0.651. The Morgan fingerprint density at radius 2 is 1.79 bits per heavy atom. The van der Waals surface area contributed by atoms with Crippen LogP contribution in [0.3, 0.4) is 0 Å². The van der Waals surface area contributed by atoms with Crippen molar-refractivity contribution in [3.63, 3.8) is 0 Å². The van der Waals surface area contributed by atoms with Crippen LogP contribution in [-0.2, 0) is 11.2 Å². The monoisotopic (exact) mass is 661 g/mol. The molecule has 3 heterocycles. The maximum absolute atomic E-state index is 13.4. The van der Waals surface area contributed by atoms with Gasteiger partial charge in [-0.05, 0) is 54.8 Å². The zero-order chi connectivity index (χ0) is 29.9. The average Bonchev–Trinajstić information content (AvgIpc) is 3.77. The first kappa shape index (κ1) is 28.8. The largest absolute Gasteiger partial charge is 0.493 e. The molecule has 1 amide bonds. The van der Waals surface area contributed by atoms with Crippen LogP contribution in [0.25, 0.3) is 22.5 Å². The van der Waals surface area contributed by atoms with E-state index in [1.807, 2.05) is 42.5 Å². The number of benzene rings is 3. The van der Waals surface area contributed by atoms with Crippen molar-refractivity contribution in [1.29, 1.82) is 0 Å². The highest BCUT2D eigenvalue weighted by Gasteiger charge is 2.27. The minimum Gasteiger partial charge on any atom is -0.493 e. The zero-order valence-corrected chi connectivity index (χ0v) is 25.4. The standard InChI is InChI=1S/C32H29BrClN5O4/c33-22-10-13-24(25(34)17-22)26-18-35-30(36-26)27(16-20-6-2-1-3-7-20)39-31(41)29(37-32(39)42)21-8-11-23(12-9-21)43-19-28(40)38-14-4-5-15-38/h1-3,6-13,17-18,27,41H,4-5,14-16,19H2,(H,35,36)(H,37,42)/t27-/m1/s1. The smallest absolute Gasteiger partial charge is 0.329 e. The molecule has 5 aromatic rings. The molecule has 0 radical (unpaired) electrons. The zero-order valence-electron chi connectivity index (χ0n) is 23.1. The highest BCUT2D eigenvalue weighted by Crippen LogP contribution is 2.34. The van der Waals surface area contributed by atoms with Gasteiger partial charge in [0.25, 0.3) is 5.91 Å². The number of likely N-dealkylation sites (tertiary alicyclic amines) is 1. The molecule has 6 rings (SSSR count). The van der Waals surface area contributed by atoms with Gasteiger partial charge in [0, 0.05) is 35.1 Å². The van der Waals surface area contributed by atoms with Crippen LogP contribution in [0.2, 0.25) is 5.02 Å². The predicted molar refractivity (Wildman–Crippen MR) is 168 cm³/mol. The Balaban J connectivity index is 1.29. The van der Waals surface area contributed by atoms with Gasteiger partial charge in [-0.15, -0.1) is 0 Å². The summed E-state index contributed by atoms with van der Waals surface area (Å²) >= 11 is 9.92. The SMILES string of the molecule is O=C(COc1ccc(-c2[nH]c(=O)n([C@H](Cc3ccccc3)c3ncc(-c4ccc(Br)cc4Cl)[nH]3)c2O)cc1)N1CCCC1. The van der Waals surface area contributed by atoms with Gasteiger partial charge in [-0.25, -0.2) is 9.78 Å². The molecule has 220 valence electrons. The van der Waals surface area contributed by atoms with Gasteiger partial charge >= 0.3 is 5.69 Å². The van der Waals surface area contributed by atoms with Crippen LogP contribution >= 0.6 is 27.5 Å². The Labute approximate surface area is 261 Å². The molecule has 1 fully saturated rings. The van der Waals surface area contributed by atoms with Crippen molar-refractivity contribution >= 4 is 33.4 Å². The molecule has 11 heteroatoms. The summed E-state index contributed by atoms with van der Waals surface area (Å²) < 4.78 is 7.86. The molecule has 2 aromatic heterocycles. The lowest BCUT2D eigenvalue weighted by atomic mass is 10.0. The molecule has 43 heavy (non-hydrogen) atoms. The second-order valence-electron chi connectivity index (χ2n) is 10.4. The fourth-order valence-electron chi connectivity index (χ4n) is 5.35. The Bertz CT molecular complexity index is 1790. The van der Waals surface area contributed by atoms with Gasteiger partial charge in [-0.1, -0.05) is 63.9 Å². The number of aromatic hydroxyl groups is 1. The number of hydrogen-bond donors (Lipinski definition) is 3. The van der Waals surface area contributed by atoms with Gasteiger partial charge in [0.15, 0.2) is 6.61 Å². The van der Waals surface area contributed by atoms with E-state index in [4.69, 9.17) is 16.3 Å². The molecule has 1 saturated heterocycles. The van der Waals surface area contributed by atoms with Crippen LogP contribution < -0.4 is 10.4 Å².